The molecular weight excluding hydrogens is 332 g/mol. The van der Waals surface area contributed by atoms with Gasteiger partial charge in [-0.15, -0.1) is 12.4 Å². The fourth-order valence-electron chi connectivity index (χ4n) is 3.33. The van der Waals surface area contributed by atoms with Gasteiger partial charge in [-0.05, 0) is 18.6 Å². The molecule has 0 aromatic heterocycles. The minimum absolute atomic E-state index is 0. The second-order valence-electron chi connectivity index (χ2n) is 6.23. The summed E-state index contributed by atoms with van der Waals surface area (Å²) >= 11 is 0. The molecule has 3 heterocycles. The fraction of sp³-hybridized carbons (Fsp3) is 0.438. The Hall–Kier alpha value is -2.12. The van der Waals surface area contributed by atoms with Crippen LogP contribution < -0.4 is 16.0 Å². The number of carbonyl (C=O) groups excluding carboxylic acids is 3. The molecule has 4 rings (SSSR count). The van der Waals surface area contributed by atoms with Crippen molar-refractivity contribution in [2.45, 2.75) is 31.5 Å². The molecular formula is C16H19ClN4O3. The van der Waals surface area contributed by atoms with Crippen LogP contribution in [0.15, 0.2) is 18.2 Å². The van der Waals surface area contributed by atoms with E-state index < -0.39 is 6.04 Å². The van der Waals surface area contributed by atoms with Gasteiger partial charge >= 0.3 is 0 Å². The quantitative estimate of drug-likeness (QED) is 0.680. The number of rotatable bonds is 3. The van der Waals surface area contributed by atoms with Crippen molar-refractivity contribution in [1.29, 1.82) is 0 Å². The Morgan fingerprint density at radius 2 is 1.96 bits per heavy atom. The topological polar surface area (TPSA) is 90.5 Å². The molecule has 1 atom stereocenters. The molecule has 2 fully saturated rings. The van der Waals surface area contributed by atoms with E-state index in [9.17, 15) is 14.4 Å². The molecule has 1 aromatic carbocycles. The molecule has 24 heavy (non-hydrogen) atoms. The van der Waals surface area contributed by atoms with Crippen LogP contribution in [0.5, 0.6) is 0 Å². The van der Waals surface area contributed by atoms with Crippen LogP contribution in [-0.4, -0.2) is 47.8 Å². The van der Waals surface area contributed by atoms with E-state index in [4.69, 9.17) is 0 Å². The van der Waals surface area contributed by atoms with Gasteiger partial charge in [-0.2, -0.15) is 0 Å². The largest absolute Gasteiger partial charge is 0.379 e. The molecule has 1 unspecified atom stereocenters. The van der Waals surface area contributed by atoms with Crippen LogP contribution in [0.4, 0.5) is 5.69 Å². The lowest BCUT2D eigenvalue weighted by atomic mass is 10.0. The van der Waals surface area contributed by atoms with E-state index in [2.05, 4.69) is 16.0 Å². The van der Waals surface area contributed by atoms with Gasteiger partial charge in [-0.1, -0.05) is 6.07 Å². The zero-order valence-corrected chi connectivity index (χ0v) is 13.8. The first kappa shape index (κ1) is 16.7. The summed E-state index contributed by atoms with van der Waals surface area (Å²) in [5.41, 5.74) is 2.54. The van der Waals surface area contributed by atoms with E-state index >= 15 is 0 Å². The van der Waals surface area contributed by atoms with Crippen LogP contribution in [-0.2, 0) is 16.1 Å². The van der Waals surface area contributed by atoms with Crippen molar-refractivity contribution in [2.75, 3.05) is 18.4 Å². The number of carbonyl (C=O) groups is 3. The number of fused-ring (bicyclic) bond motifs is 1. The SMILES string of the molecule is Cl.O=C1CCC(N2Cc3c(NC4CNC4)cccc3C2=O)C(=O)N1. The van der Waals surface area contributed by atoms with Crippen molar-refractivity contribution in [1.82, 2.24) is 15.5 Å². The van der Waals surface area contributed by atoms with Crippen LogP contribution in [0.1, 0.15) is 28.8 Å². The lowest BCUT2D eigenvalue weighted by Crippen LogP contribution is -2.52. The van der Waals surface area contributed by atoms with Gasteiger partial charge < -0.3 is 15.5 Å². The monoisotopic (exact) mass is 350 g/mol. The Morgan fingerprint density at radius 1 is 1.17 bits per heavy atom. The van der Waals surface area contributed by atoms with Crippen molar-refractivity contribution in [2.24, 2.45) is 0 Å². The summed E-state index contributed by atoms with van der Waals surface area (Å²) in [4.78, 5) is 37.6. The predicted molar refractivity (Wildman–Crippen MR) is 90.0 cm³/mol. The summed E-state index contributed by atoms with van der Waals surface area (Å²) in [6.45, 7) is 2.23. The molecule has 8 heteroatoms. The summed E-state index contributed by atoms with van der Waals surface area (Å²) in [5.74, 6) is -0.778. The lowest BCUT2D eigenvalue weighted by Gasteiger charge is -2.30. The maximum Gasteiger partial charge on any atom is 0.255 e. The maximum absolute atomic E-state index is 12.7. The first-order valence-electron chi connectivity index (χ1n) is 7.87. The van der Waals surface area contributed by atoms with Crippen LogP contribution in [0.25, 0.3) is 0 Å². The van der Waals surface area contributed by atoms with Crippen LogP contribution in [0.3, 0.4) is 0 Å². The second-order valence-corrected chi connectivity index (χ2v) is 6.23. The molecule has 0 spiro atoms. The fourth-order valence-corrected chi connectivity index (χ4v) is 3.33. The minimum atomic E-state index is -0.564. The predicted octanol–water partition coefficient (Wildman–Crippen LogP) is 0.253. The number of hydrogen-bond acceptors (Lipinski definition) is 5. The summed E-state index contributed by atoms with van der Waals surface area (Å²) in [7, 11) is 0. The van der Waals surface area contributed by atoms with Crippen molar-refractivity contribution in [3.05, 3.63) is 29.3 Å². The summed E-state index contributed by atoms with van der Waals surface area (Å²) in [6, 6.07) is 5.44. The van der Waals surface area contributed by atoms with E-state index in [0.29, 0.717) is 24.6 Å². The van der Waals surface area contributed by atoms with Crippen molar-refractivity contribution < 1.29 is 14.4 Å². The van der Waals surface area contributed by atoms with Gasteiger partial charge in [-0.3, -0.25) is 19.7 Å². The molecule has 1 aromatic rings. The standard InChI is InChI=1S/C16H18N4O3.ClH/c21-14-5-4-13(15(22)19-14)20-8-11-10(16(20)23)2-1-3-12(11)18-9-6-17-7-9;/h1-3,9,13,17-18H,4-8H2,(H,19,21,22);1H. The average molecular weight is 351 g/mol. The van der Waals surface area contributed by atoms with E-state index in [1.165, 1.54) is 0 Å². The van der Waals surface area contributed by atoms with Gasteiger partial charge in [0.1, 0.15) is 6.04 Å². The second kappa shape index (κ2) is 6.41. The third-order valence-corrected chi connectivity index (χ3v) is 4.72. The molecule has 3 aliphatic heterocycles. The first-order chi connectivity index (χ1) is 11.1. The Labute approximate surface area is 145 Å². The molecule has 128 valence electrons. The maximum atomic E-state index is 12.7. The highest BCUT2D eigenvalue weighted by molar-refractivity contribution is 6.06. The highest BCUT2D eigenvalue weighted by Gasteiger charge is 2.40. The Kier molecular flexibility index (Phi) is 4.47. The third kappa shape index (κ3) is 2.74. The number of benzene rings is 1. The van der Waals surface area contributed by atoms with E-state index in [-0.39, 0.29) is 36.5 Å². The normalized spacial score (nSPS) is 23.2. The number of amides is 3. The molecule has 3 N–H and O–H groups in total. The number of nitrogens with one attached hydrogen (secondary N) is 3. The Balaban J connectivity index is 0.00000169. The van der Waals surface area contributed by atoms with E-state index in [0.717, 1.165) is 24.3 Å². The summed E-state index contributed by atoms with van der Waals surface area (Å²) in [5, 5.41) is 8.97. The van der Waals surface area contributed by atoms with Gasteiger partial charge in [0.25, 0.3) is 5.91 Å². The number of piperidine rings is 1. The Bertz CT molecular complexity index is 705. The third-order valence-electron chi connectivity index (χ3n) is 4.72. The smallest absolute Gasteiger partial charge is 0.255 e. The first-order valence-corrected chi connectivity index (χ1v) is 7.87. The summed E-state index contributed by atoms with van der Waals surface area (Å²) in [6.07, 6.45) is 0.662. The number of halogens is 1. The molecule has 3 aliphatic rings. The van der Waals surface area contributed by atoms with Gasteiger partial charge in [0.15, 0.2) is 0 Å². The van der Waals surface area contributed by atoms with Crippen LogP contribution in [0, 0.1) is 0 Å². The molecule has 3 amide bonds. The number of anilines is 1. The minimum Gasteiger partial charge on any atom is -0.379 e. The van der Waals surface area contributed by atoms with Crippen molar-refractivity contribution >= 4 is 35.8 Å². The highest BCUT2D eigenvalue weighted by atomic mass is 35.5. The molecule has 0 radical (unpaired) electrons. The van der Waals surface area contributed by atoms with Crippen LogP contribution >= 0.6 is 12.4 Å². The number of hydrogen-bond donors (Lipinski definition) is 3. The molecule has 0 bridgehead atoms. The molecule has 0 saturated carbocycles. The highest BCUT2D eigenvalue weighted by Crippen LogP contribution is 2.32. The van der Waals surface area contributed by atoms with E-state index in [1.54, 1.807) is 11.0 Å². The molecule has 7 nitrogen and oxygen atoms in total. The van der Waals surface area contributed by atoms with Gasteiger partial charge in [0.05, 0.1) is 6.04 Å². The number of nitrogens with zero attached hydrogens (tertiary/aromatic N) is 1. The summed E-state index contributed by atoms with van der Waals surface area (Å²) < 4.78 is 0. The lowest BCUT2D eigenvalue weighted by molar-refractivity contribution is -0.136. The van der Waals surface area contributed by atoms with Gasteiger partial charge in [0, 0.05) is 42.9 Å². The van der Waals surface area contributed by atoms with Crippen LogP contribution in [0.2, 0.25) is 0 Å². The zero-order chi connectivity index (χ0) is 16.0. The van der Waals surface area contributed by atoms with Gasteiger partial charge in [-0.25, -0.2) is 0 Å². The molecule has 2 saturated heterocycles. The zero-order valence-electron chi connectivity index (χ0n) is 13.0. The van der Waals surface area contributed by atoms with Crippen molar-refractivity contribution in [3.63, 3.8) is 0 Å². The van der Waals surface area contributed by atoms with E-state index in [1.807, 2.05) is 12.1 Å². The molecule has 0 aliphatic carbocycles. The van der Waals surface area contributed by atoms with Gasteiger partial charge in [0.2, 0.25) is 11.8 Å². The van der Waals surface area contributed by atoms with Crippen molar-refractivity contribution in [3.8, 4) is 0 Å². The average Bonchev–Trinajstić information content (AvgIpc) is 2.81. The Morgan fingerprint density at radius 3 is 2.62 bits per heavy atom. The number of imide groups is 1.